The molecular weight excluding hydrogens is 198 g/mol. The van der Waals surface area contributed by atoms with Gasteiger partial charge in [0.1, 0.15) is 0 Å². The zero-order chi connectivity index (χ0) is 11.3. The van der Waals surface area contributed by atoms with Gasteiger partial charge in [0, 0.05) is 32.6 Å². The number of amidine groups is 1. The van der Waals surface area contributed by atoms with Gasteiger partial charge in [-0.3, -0.25) is 4.90 Å². The first kappa shape index (κ1) is 12.2. The molecule has 88 valence electrons. The quantitative estimate of drug-likeness (QED) is 0.248. The molecule has 0 aromatic carbocycles. The lowest BCUT2D eigenvalue weighted by molar-refractivity contribution is -0.0753. The minimum Gasteiger partial charge on any atom is -0.409 e. The van der Waals surface area contributed by atoms with E-state index in [1.807, 2.05) is 11.9 Å². The lowest BCUT2D eigenvalue weighted by atomic mass is 9.94. The number of hydrogen-bond acceptors (Lipinski definition) is 5. The summed E-state index contributed by atoms with van der Waals surface area (Å²) >= 11 is 0. The van der Waals surface area contributed by atoms with Gasteiger partial charge < -0.3 is 20.8 Å². The van der Waals surface area contributed by atoms with Crippen LogP contribution in [0.15, 0.2) is 5.16 Å². The summed E-state index contributed by atoms with van der Waals surface area (Å²) in [5.41, 5.74) is 4.67. The third-order valence-corrected chi connectivity index (χ3v) is 2.55. The van der Waals surface area contributed by atoms with E-state index < -0.39 is 5.60 Å². The Hall–Kier alpha value is -0.850. The van der Waals surface area contributed by atoms with Crippen molar-refractivity contribution < 1.29 is 15.1 Å². The highest BCUT2D eigenvalue weighted by molar-refractivity contribution is 5.81. The molecule has 1 fully saturated rings. The van der Waals surface area contributed by atoms with Crippen LogP contribution in [-0.2, 0) is 4.74 Å². The summed E-state index contributed by atoms with van der Waals surface area (Å²) in [4.78, 5) is 1.83. The van der Waals surface area contributed by atoms with E-state index in [1.165, 1.54) is 0 Å². The van der Waals surface area contributed by atoms with Gasteiger partial charge in [-0.15, -0.1) is 0 Å². The minimum absolute atomic E-state index is 0.146. The van der Waals surface area contributed by atoms with E-state index in [-0.39, 0.29) is 5.84 Å². The predicted molar refractivity (Wildman–Crippen MR) is 55.9 cm³/mol. The molecule has 1 aliphatic heterocycles. The summed E-state index contributed by atoms with van der Waals surface area (Å²) in [7, 11) is 1.82. The Balaban J connectivity index is 2.38. The van der Waals surface area contributed by atoms with Gasteiger partial charge in [0.05, 0.1) is 12.1 Å². The van der Waals surface area contributed by atoms with Crippen molar-refractivity contribution in [2.75, 3.05) is 33.4 Å². The Labute approximate surface area is 89.3 Å². The van der Waals surface area contributed by atoms with Gasteiger partial charge in [0.2, 0.25) is 0 Å². The largest absolute Gasteiger partial charge is 0.409 e. The highest BCUT2D eigenvalue weighted by Gasteiger charge is 2.30. The summed E-state index contributed by atoms with van der Waals surface area (Å²) in [6, 6.07) is 0. The third kappa shape index (κ3) is 4.03. The number of aliphatic hydroxyl groups is 1. The number of nitrogens with two attached hydrogens (primary N) is 1. The number of hydrogen-bond donors (Lipinski definition) is 3. The average Bonchev–Trinajstić information content (AvgIpc) is 2.17. The number of likely N-dealkylation sites (N-methyl/N-ethyl adjacent to an activating group) is 1. The molecule has 0 amide bonds. The molecule has 0 unspecified atom stereocenters. The summed E-state index contributed by atoms with van der Waals surface area (Å²) in [6.07, 6.45) is 1.26. The van der Waals surface area contributed by atoms with Crippen LogP contribution in [0, 0.1) is 0 Å². The Morgan fingerprint density at radius 1 is 1.53 bits per heavy atom. The van der Waals surface area contributed by atoms with Crippen LogP contribution < -0.4 is 5.73 Å². The van der Waals surface area contributed by atoms with Crippen LogP contribution in [0.4, 0.5) is 0 Å². The minimum atomic E-state index is -0.706. The lowest BCUT2D eigenvalue weighted by Gasteiger charge is -2.35. The molecule has 4 N–H and O–H groups in total. The van der Waals surface area contributed by atoms with E-state index in [1.54, 1.807) is 0 Å². The molecule has 1 saturated heterocycles. The molecule has 0 radical (unpaired) electrons. The predicted octanol–water partition coefficient (Wildman–Crippen LogP) is -0.794. The Kier molecular flexibility index (Phi) is 4.31. The molecule has 0 aliphatic carbocycles. The molecule has 6 nitrogen and oxygen atoms in total. The fraction of sp³-hybridized carbons (Fsp3) is 0.889. The van der Waals surface area contributed by atoms with Crippen LogP contribution in [-0.4, -0.2) is 60.0 Å². The molecule has 0 bridgehead atoms. The standard InChI is InChI=1S/C9H19N3O3/c1-12(6-8(10)11-14)7-9(13)2-4-15-5-3-9/h13-14H,2-7H2,1H3,(H2,10,11). The van der Waals surface area contributed by atoms with Gasteiger partial charge in [0.25, 0.3) is 0 Å². The van der Waals surface area contributed by atoms with Crippen molar-refractivity contribution in [3.8, 4) is 0 Å². The van der Waals surface area contributed by atoms with Crippen molar-refractivity contribution in [2.45, 2.75) is 18.4 Å². The van der Waals surface area contributed by atoms with Crippen molar-refractivity contribution in [1.29, 1.82) is 0 Å². The maximum Gasteiger partial charge on any atom is 0.153 e. The van der Waals surface area contributed by atoms with Gasteiger partial charge in [-0.2, -0.15) is 0 Å². The van der Waals surface area contributed by atoms with Crippen LogP contribution >= 0.6 is 0 Å². The molecule has 0 aromatic heterocycles. The van der Waals surface area contributed by atoms with E-state index in [0.717, 1.165) is 0 Å². The summed E-state index contributed by atoms with van der Waals surface area (Å²) in [5.74, 6) is 0.146. The van der Waals surface area contributed by atoms with Crippen molar-refractivity contribution in [1.82, 2.24) is 4.90 Å². The lowest BCUT2D eigenvalue weighted by Crippen LogP contribution is -2.47. The topological polar surface area (TPSA) is 91.3 Å². The van der Waals surface area contributed by atoms with Crippen molar-refractivity contribution in [2.24, 2.45) is 10.9 Å². The first-order valence-corrected chi connectivity index (χ1v) is 5.01. The summed E-state index contributed by atoms with van der Waals surface area (Å²) in [5, 5.41) is 21.5. The van der Waals surface area contributed by atoms with Crippen LogP contribution in [0.25, 0.3) is 0 Å². The normalized spacial score (nSPS) is 21.9. The van der Waals surface area contributed by atoms with Crippen molar-refractivity contribution >= 4 is 5.84 Å². The monoisotopic (exact) mass is 217 g/mol. The number of ether oxygens (including phenoxy) is 1. The zero-order valence-electron chi connectivity index (χ0n) is 9.02. The average molecular weight is 217 g/mol. The van der Waals surface area contributed by atoms with Crippen molar-refractivity contribution in [3.63, 3.8) is 0 Å². The molecule has 6 heteroatoms. The molecule has 0 aromatic rings. The van der Waals surface area contributed by atoms with Gasteiger partial charge in [-0.25, -0.2) is 0 Å². The smallest absolute Gasteiger partial charge is 0.153 e. The van der Waals surface area contributed by atoms with Crippen molar-refractivity contribution in [3.05, 3.63) is 0 Å². The van der Waals surface area contributed by atoms with E-state index in [9.17, 15) is 5.11 Å². The summed E-state index contributed by atoms with van der Waals surface area (Å²) in [6.45, 7) is 2.04. The maximum absolute atomic E-state index is 10.2. The second kappa shape index (κ2) is 5.29. The van der Waals surface area contributed by atoms with Gasteiger partial charge >= 0.3 is 0 Å². The van der Waals surface area contributed by atoms with E-state index >= 15 is 0 Å². The fourth-order valence-electron chi connectivity index (χ4n) is 1.78. The first-order chi connectivity index (χ1) is 7.06. The number of nitrogens with zero attached hydrogens (tertiary/aromatic N) is 2. The molecule has 15 heavy (non-hydrogen) atoms. The van der Waals surface area contributed by atoms with Gasteiger partial charge in [-0.05, 0) is 7.05 Å². The van der Waals surface area contributed by atoms with Crippen LogP contribution in [0.1, 0.15) is 12.8 Å². The molecule has 1 rings (SSSR count). The highest BCUT2D eigenvalue weighted by atomic mass is 16.5. The zero-order valence-corrected chi connectivity index (χ0v) is 9.02. The second-order valence-electron chi connectivity index (χ2n) is 4.10. The number of oxime groups is 1. The Bertz CT molecular complexity index is 227. The van der Waals surface area contributed by atoms with E-state index in [4.69, 9.17) is 15.7 Å². The first-order valence-electron chi connectivity index (χ1n) is 5.01. The van der Waals surface area contributed by atoms with Crippen LogP contribution in [0.5, 0.6) is 0 Å². The molecule has 0 atom stereocenters. The Morgan fingerprint density at radius 2 is 2.13 bits per heavy atom. The summed E-state index contributed by atoms with van der Waals surface area (Å²) < 4.78 is 5.18. The number of rotatable bonds is 4. The SMILES string of the molecule is CN(CC(N)=NO)CC1(O)CCOCC1. The molecule has 0 saturated carbocycles. The molecular formula is C9H19N3O3. The molecule has 1 aliphatic rings. The van der Waals surface area contributed by atoms with Crippen LogP contribution in [0.3, 0.4) is 0 Å². The van der Waals surface area contributed by atoms with Gasteiger partial charge in [-0.1, -0.05) is 5.16 Å². The fourth-order valence-corrected chi connectivity index (χ4v) is 1.78. The Morgan fingerprint density at radius 3 is 2.67 bits per heavy atom. The second-order valence-corrected chi connectivity index (χ2v) is 4.10. The third-order valence-electron chi connectivity index (χ3n) is 2.55. The van der Waals surface area contributed by atoms with E-state index in [2.05, 4.69) is 5.16 Å². The van der Waals surface area contributed by atoms with Crippen LogP contribution in [0.2, 0.25) is 0 Å². The highest BCUT2D eigenvalue weighted by Crippen LogP contribution is 2.20. The van der Waals surface area contributed by atoms with Gasteiger partial charge in [0.15, 0.2) is 5.84 Å². The van der Waals surface area contributed by atoms with E-state index in [0.29, 0.717) is 39.1 Å². The molecule has 0 spiro atoms. The molecule has 1 heterocycles. The maximum atomic E-state index is 10.2.